The van der Waals surface area contributed by atoms with Gasteiger partial charge in [0.05, 0.1) is 11.3 Å². The van der Waals surface area contributed by atoms with Gasteiger partial charge in [-0.25, -0.2) is 4.98 Å². The number of amides is 1. The van der Waals surface area contributed by atoms with E-state index in [0.717, 1.165) is 11.5 Å². The van der Waals surface area contributed by atoms with Crippen LogP contribution in [0.25, 0.3) is 22.3 Å². The molecule has 1 aromatic carbocycles. The van der Waals surface area contributed by atoms with Crippen molar-refractivity contribution >= 4 is 16.9 Å². The first-order valence-electron chi connectivity index (χ1n) is 8.73. The van der Waals surface area contributed by atoms with E-state index in [0.29, 0.717) is 36.9 Å². The fraction of sp³-hybridized carbons (Fsp3) is 0.316. The zero-order valence-electron chi connectivity index (χ0n) is 14.9. The Morgan fingerprint density at radius 3 is 2.75 bits per heavy atom. The van der Waals surface area contributed by atoms with E-state index in [4.69, 9.17) is 0 Å². The minimum Gasteiger partial charge on any atom is -0.507 e. The van der Waals surface area contributed by atoms with E-state index in [1.165, 1.54) is 6.92 Å². The first kappa shape index (κ1) is 18.3. The third kappa shape index (κ3) is 3.39. The summed E-state index contributed by atoms with van der Waals surface area (Å²) in [5.41, 5.74) is 0.383. The van der Waals surface area contributed by atoms with Gasteiger partial charge in [0, 0.05) is 42.6 Å². The number of aromatic nitrogens is 3. The highest BCUT2D eigenvalue weighted by Gasteiger charge is 2.32. The molecule has 6 nitrogen and oxygen atoms in total. The smallest absolute Gasteiger partial charge is 0.416 e. The molecule has 1 amide bonds. The van der Waals surface area contributed by atoms with E-state index in [2.05, 4.69) is 15.4 Å². The summed E-state index contributed by atoms with van der Waals surface area (Å²) < 4.78 is 40.5. The van der Waals surface area contributed by atoms with Crippen LogP contribution in [0, 0.1) is 12.8 Å². The van der Waals surface area contributed by atoms with Crippen molar-refractivity contribution in [3.8, 4) is 17.0 Å². The molecule has 1 atom stereocenters. The SMILES string of the molecule is Cc1cc(C(F)(F)F)cc(O)c1-c1ccc2cn(C[C@H]3CNC(=O)C3)nc2n1. The van der Waals surface area contributed by atoms with Gasteiger partial charge < -0.3 is 10.4 Å². The van der Waals surface area contributed by atoms with Gasteiger partial charge >= 0.3 is 6.18 Å². The third-order valence-corrected chi connectivity index (χ3v) is 4.82. The molecule has 1 fully saturated rings. The maximum Gasteiger partial charge on any atom is 0.416 e. The van der Waals surface area contributed by atoms with Gasteiger partial charge in [-0.1, -0.05) is 0 Å². The molecule has 2 N–H and O–H groups in total. The van der Waals surface area contributed by atoms with Crippen molar-refractivity contribution < 1.29 is 23.1 Å². The van der Waals surface area contributed by atoms with Gasteiger partial charge in [-0.2, -0.15) is 18.3 Å². The normalized spacial score (nSPS) is 17.3. The molecule has 0 aliphatic carbocycles. The Kier molecular flexibility index (Phi) is 4.24. The number of phenolic OH excluding ortho intramolecular Hbond substituents is 1. The molecule has 0 unspecified atom stereocenters. The van der Waals surface area contributed by atoms with Crippen LogP contribution in [0.4, 0.5) is 13.2 Å². The maximum atomic E-state index is 12.9. The number of benzene rings is 1. The molecular weight excluding hydrogens is 373 g/mol. The number of nitrogens with one attached hydrogen (secondary N) is 1. The summed E-state index contributed by atoms with van der Waals surface area (Å²) in [5.74, 6) is -0.299. The standard InChI is InChI=1S/C19H17F3N4O2/c1-10-4-13(19(20,21)22)6-15(27)17(10)14-3-2-12-9-26(25-18(12)24-14)8-11-5-16(28)23-7-11/h2-4,6,9,11,27H,5,7-8H2,1H3,(H,23,28)/t11-/m1/s1. The molecule has 3 aromatic rings. The number of alkyl halides is 3. The second-order valence-corrected chi connectivity index (χ2v) is 7.02. The molecule has 146 valence electrons. The van der Waals surface area contributed by atoms with Crippen LogP contribution in [0.5, 0.6) is 5.75 Å². The summed E-state index contributed by atoms with van der Waals surface area (Å²) in [6, 6.07) is 5.10. The number of aryl methyl sites for hydroxylation is 1. The predicted molar refractivity (Wildman–Crippen MR) is 95.5 cm³/mol. The Morgan fingerprint density at radius 2 is 2.11 bits per heavy atom. The molecule has 1 aliphatic heterocycles. The molecule has 0 bridgehead atoms. The maximum absolute atomic E-state index is 12.9. The van der Waals surface area contributed by atoms with Crippen LogP contribution in [-0.4, -0.2) is 32.3 Å². The topological polar surface area (TPSA) is 80.0 Å². The first-order valence-corrected chi connectivity index (χ1v) is 8.73. The summed E-state index contributed by atoms with van der Waals surface area (Å²) in [7, 11) is 0. The number of nitrogens with zero attached hydrogens (tertiary/aromatic N) is 3. The molecule has 0 radical (unpaired) electrons. The highest BCUT2D eigenvalue weighted by Crippen LogP contribution is 2.38. The Hall–Kier alpha value is -3.10. The Bertz CT molecular complexity index is 1050. The molecule has 2 aromatic heterocycles. The van der Waals surface area contributed by atoms with Crippen LogP contribution in [-0.2, 0) is 17.5 Å². The molecule has 1 saturated heterocycles. The highest BCUT2D eigenvalue weighted by molar-refractivity contribution is 5.80. The van der Waals surface area contributed by atoms with Crippen molar-refractivity contribution in [1.29, 1.82) is 0 Å². The van der Waals surface area contributed by atoms with Gasteiger partial charge in [-0.15, -0.1) is 0 Å². The number of aromatic hydroxyl groups is 1. The van der Waals surface area contributed by atoms with Crippen molar-refractivity contribution in [2.75, 3.05) is 6.54 Å². The fourth-order valence-corrected chi connectivity index (χ4v) is 3.51. The van der Waals surface area contributed by atoms with Gasteiger partial charge in [0.25, 0.3) is 0 Å². The van der Waals surface area contributed by atoms with E-state index in [1.54, 1.807) is 16.8 Å². The summed E-state index contributed by atoms with van der Waals surface area (Å²) in [6.07, 6.45) is -2.27. The largest absolute Gasteiger partial charge is 0.507 e. The lowest BCUT2D eigenvalue weighted by Gasteiger charge is -2.13. The third-order valence-electron chi connectivity index (χ3n) is 4.82. The predicted octanol–water partition coefficient (Wildman–Crippen LogP) is 3.27. The second kappa shape index (κ2) is 6.50. The Balaban J connectivity index is 1.67. The summed E-state index contributed by atoms with van der Waals surface area (Å²) in [5, 5.41) is 18.1. The van der Waals surface area contributed by atoms with Crippen molar-refractivity contribution in [2.24, 2.45) is 5.92 Å². The average molecular weight is 390 g/mol. The van der Waals surface area contributed by atoms with Gasteiger partial charge in [0.15, 0.2) is 5.65 Å². The fourth-order valence-electron chi connectivity index (χ4n) is 3.51. The second-order valence-electron chi connectivity index (χ2n) is 7.02. The van der Waals surface area contributed by atoms with Crippen LogP contribution in [0.2, 0.25) is 0 Å². The van der Waals surface area contributed by atoms with Crippen LogP contribution in [0.15, 0.2) is 30.5 Å². The Labute approximate surface area is 158 Å². The zero-order valence-corrected chi connectivity index (χ0v) is 14.9. The lowest BCUT2D eigenvalue weighted by atomic mass is 10.00. The zero-order chi connectivity index (χ0) is 20.1. The van der Waals surface area contributed by atoms with E-state index < -0.39 is 17.5 Å². The van der Waals surface area contributed by atoms with E-state index in [-0.39, 0.29) is 23.0 Å². The summed E-state index contributed by atoms with van der Waals surface area (Å²) in [4.78, 5) is 15.7. The van der Waals surface area contributed by atoms with Gasteiger partial charge in [-0.3, -0.25) is 9.48 Å². The molecule has 0 saturated carbocycles. The Morgan fingerprint density at radius 1 is 1.32 bits per heavy atom. The van der Waals surface area contributed by atoms with Gasteiger partial charge in [-0.05, 0) is 36.8 Å². The minimum atomic E-state index is -4.53. The van der Waals surface area contributed by atoms with Crippen LogP contribution >= 0.6 is 0 Å². The number of phenols is 1. The van der Waals surface area contributed by atoms with Gasteiger partial charge in [0.2, 0.25) is 5.91 Å². The molecule has 1 aliphatic rings. The average Bonchev–Trinajstić information content (AvgIpc) is 3.18. The number of hydrogen-bond acceptors (Lipinski definition) is 4. The van der Waals surface area contributed by atoms with Crippen molar-refractivity contribution in [3.05, 3.63) is 41.6 Å². The molecule has 28 heavy (non-hydrogen) atoms. The number of carbonyl (C=O) groups excluding carboxylic acids is 1. The van der Waals surface area contributed by atoms with Crippen molar-refractivity contribution in [1.82, 2.24) is 20.1 Å². The number of carbonyl (C=O) groups is 1. The molecule has 9 heteroatoms. The van der Waals surface area contributed by atoms with E-state index in [9.17, 15) is 23.1 Å². The van der Waals surface area contributed by atoms with E-state index in [1.807, 2.05) is 6.20 Å². The number of fused-ring (bicyclic) bond motifs is 1. The number of rotatable bonds is 3. The van der Waals surface area contributed by atoms with Gasteiger partial charge in [0.1, 0.15) is 5.75 Å². The summed E-state index contributed by atoms with van der Waals surface area (Å²) in [6.45, 7) is 2.67. The van der Waals surface area contributed by atoms with E-state index >= 15 is 0 Å². The van der Waals surface area contributed by atoms with Crippen LogP contribution in [0.3, 0.4) is 0 Å². The first-order chi connectivity index (χ1) is 13.2. The quantitative estimate of drug-likeness (QED) is 0.719. The molecule has 0 spiro atoms. The molecular formula is C19H17F3N4O2. The summed E-state index contributed by atoms with van der Waals surface area (Å²) >= 11 is 0. The molecule has 4 rings (SSSR count). The number of halogens is 3. The monoisotopic (exact) mass is 390 g/mol. The van der Waals surface area contributed by atoms with Crippen LogP contribution < -0.4 is 5.32 Å². The van der Waals surface area contributed by atoms with Crippen molar-refractivity contribution in [3.63, 3.8) is 0 Å². The van der Waals surface area contributed by atoms with Crippen molar-refractivity contribution in [2.45, 2.75) is 26.1 Å². The molecule has 3 heterocycles. The van der Waals surface area contributed by atoms with Crippen LogP contribution in [0.1, 0.15) is 17.5 Å². The number of pyridine rings is 1. The lowest BCUT2D eigenvalue weighted by Crippen LogP contribution is -2.16. The number of hydrogen-bond donors (Lipinski definition) is 2. The highest BCUT2D eigenvalue weighted by atomic mass is 19.4. The minimum absolute atomic E-state index is 0.0235. The lowest BCUT2D eigenvalue weighted by molar-refractivity contribution is -0.137.